The van der Waals surface area contributed by atoms with Crippen molar-refractivity contribution in [2.75, 3.05) is 25.0 Å². The van der Waals surface area contributed by atoms with Gasteiger partial charge in [0.15, 0.2) is 0 Å². The van der Waals surface area contributed by atoms with Gasteiger partial charge in [0.05, 0.1) is 6.61 Å². The van der Waals surface area contributed by atoms with Crippen LogP contribution >= 0.6 is 0 Å². The number of hydrogen-bond acceptors (Lipinski definition) is 3. The summed E-state index contributed by atoms with van der Waals surface area (Å²) >= 11 is 0. The van der Waals surface area contributed by atoms with Gasteiger partial charge in [-0.05, 0) is 24.2 Å². The number of anilines is 1. The van der Waals surface area contributed by atoms with E-state index in [0.29, 0.717) is 6.54 Å². The maximum atomic E-state index is 11.0. The van der Waals surface area contributed by atoms with Gasteiger partial charge >= 0.3 is 0 Å². The summed E-state index contributed by atoms with van der Waals surface area (Å²) in [5, 5.41) is 11.7. The summed E-state index contributed by atoms with van der Waals surface area (Å²) in [5.41, 5.74) is 1.95. The lowest BCUT2D eigenvalue weighted by Crippen LogP contribution is -2.26. The molecule has 0 saturated heterocycles. The first-order valence-electron chi connectivity index (χ1n) is 5.85. The molecule has 0 heterocycles. The molecular weight excluding hydrogens is 216 g/mol. The fraction of sp³-hybridized carbons (Fsp3) is 0.462. The Morgan fingerprint density at radius 2 is 2.24 bits per heavy atom. The van der Waals surface area contributed by atoms with E-state index in [0.717, 1.165) is 24.3 Å². The van der Waals surface area contributed by atoms with E-state index in [1.807, 2.05) is 24.3 Å². The van der Waals surface area contributed by atoms with Crippen LogP contribution in [0.4, 0.5) is 5.69 Å². The van der Waals surface area contributed by atoms with Gasteiger partial charge < -0.3 is 10.4 Å². The predicted octanol–water partition coefficient (Wildman–Crippen LogP) is 1.46. The van der Waals surface area contributed by atoms with Gasteiger partial charge in [-0.2, -0.15) is 0 Å². The second-order valence-corrected chi connectivity index (χ2v) is 3.97. The highest BCUT2D eigenvalue weighted by Crippen LogP contribution is 2.12. The Bertz CT molecular complexity index is 366. The first-order chi connectivity index (χ1) is 8.15. The molecule has 1 aromatic carbocycles. The number of amides is 1. The fourth-order valence-electron chi connectivity index (χ4n) is 1.70. The van der Waals surface area contributed by atoms with Gasteiger partial charge in [0, 0.05) is 25.7 Å². The fourth-order valence-corrected chi connectivity index (χ4v) is 1.70. The first kappa shape index (κ1) is 13.7. The van der Waals surface area contributed by atoms with Gasteiger partial charge in [-0.1, -0.05) is 19.1 Å². The van der Waals surface area contributed by atoms with E-state index in [-0.39, 0.29) is 12.5 Å². The maximum absolute atomic E-state index is 11.0. The van der Waals surface area contributed by atoms with Crippen LogP contribution in [0.1, 0.15) is 19.4 Å². The molecule has 0 spiro atoms. The number of nitrogens with zero attached hydrogens (tertiary/aromatic N) is 1. The predicted molar refractivity (Wildman–Crippen MR) is 68.8 cm³/mol. The largest absolute Gasteiger partial charge is 0.395 e. The normalized spacial score (nSPS) is 10.6. The number of carbonyl (C=O) groups excluding carboxylic acids is 1. The molecule has 0 aromatic heterocycles. The van der Waals surface area contributed by atoms with E-state index in [2.05, 4.69) is 17.1 Å². The third-order valence-corrected chi connectivity index (χ3v) is 2.52. The SMILES string of the molecule is CCN(CCO)Cc1cccc(NC(C)=O)c1. The topological polar surface area (TPSA) is 52.6 Å². The van der Waals surface area contributed by atoms with E-state index in [1.54, 1.807) is 0 Å². The molecule has 2 N–H and O–H groups in total. The highest BCUT2D eigenvalue weighted by Gasteiger charge is 2.04. The lowest BCUT2D eigenvalue weighted by Gasteiger charge is -2.19. The Morgan fingerprint density at radius 3 is 2.82 bits per heavy atom. The lowest BCUT2D eigenvalue weighted by molar-refractivity contribution is -0.114. The molecule has 0 saturated carbocycles. The summed E-state index contributed by atoms with van der Waals surface area (Å²) in [4.78, 5) is 13.1. The van der Waals surface area contributed by atoms with Crippen molar-refractivity contribution >= 4 is 11.6 Å². The Kier molecular flexibility index (Phi) is 5.66. The van der Waals surface area contributed by atoms with Crippen molar-refractivity contribution in [2.24, 2.45) is 0 Å². The Hall–Kier alpha value is -1.39. The molecular formula is C13H20N2O2. The molecule has 1 amide bonds. The van der Waals surface area contributed by atoms with E-state index >= 15 is 0 Å². The number of likely N-dealkylation sites (N-methyl/N-ethyl adjacent to an activating group) is 1. The standard InChI is InChI=1S/C13H20N2O2/c1-3-15(7-8-16)10-12-5-4-6-13(9-12)14-11(2)17/h4-6,9,16H,3,7-8,10H2,1-2H3,(H,14,17). The average molecular weight is 236 g/mol. The van der Waals surface area contributed by atoms with Crippen molar-refractivity contribution in [2.45, 2.75) is 20.4 Å². The molecule has 0 radical (unpaired) electrons. The van der Waals surface area contributed by atoms with Crippen molar-refractivity contribution in [3.63, 3.8) is 0 Å². The zero-order valence-electron chi connectivity index (χ0n) is 10.4. The van der Waals surface area contributed by atoms with Crippen molar-refractivity contribution < 1.29 is 9.90 Å². The van der Waals surface area contributed by atoms with Gasteiger partial charge in [-0.25, -0.2) is 0 Å². The molecule has 94 valence electrons. The molecule has 0 aliphatic rings. The van der Waals surface area contributed by atoms with Crippen LogP contribution in [0, 0.1) is 0 Å². The summed E-state index contributed by atoms with van der Waals surface area (Å²) in [7, 11) is 0. The van der Waals surface area contributed by atoms with Crippen molar-refractivity contribution in [3.8, 4) is 0 Å². The average Bonchev–Trinajstić information content (AvgIpc) is 2.28. The van der Waals surface area contributed by atoms with Gasteiger partial charge in [0.2, 0.25) is 5.91 Å². The number of rotatable bonds is 6. The van der Waals surface area contributed by atoms with Gasteiger partial charge in [0.1, 0.15) is 0 Å². The highest BCUT2D eigenvalue weighted by molar-refractivity contribution is 5.88. The Labute approximate surface area is 102 Å². The minimum absolute atomic E-state index is 0.0649. The van der Waals surface area contributed by atoms with Crippen molar-refractivity contribution in [3.05, 3.63) is 29.8 Å². The van der Waals surface area contributed by atoms with E-state index in [4.69, 9.17) is 5.11 Å². The molecule has 1 rings (SSSR count). The maximum Gasteiger partial charge on any atom is 0.221 e. The minimum Gasteiger partial charge on any atom is -0.395 e. The summed E-state index contributed by atoms with van der Waals surface area (Å²) < 4.78 is 0. The number of nitrogens with one attached hydrogen (secondary N) is 1. The van der Waals surface area contributed by atoms with Crippen LogP contribution in [0.2, 0.25) is 0 Å². The van der Waals surface area contributed by atoms with E-state index in [1.165, 1.54) is 6.92 Å². The van der Waals surface area contributed by atoms with Crippen molar-refractivity contribution in [1.29, 1.82) is 0 Å². The summed E-state index contributed by atoms with van der Waals surface area (Å²) in [6.45, 7) is 6.07. The van der Waals surface area contributed by atoms with E-state index in [9.17, 15) is 4.79 Å². The number of aliphatic hydroxyl groups excluding tert-OH is 1. The lowest BCUT2D eigenvalue weighted by atomic mass is 10.2. The molecule has 0 aliphatic carbocycles. The zero-order valence-corrected chi connectivity index (χ0v) is 10.4. The van der Waals surface area contributed by atoms with Gasteiger partial charge in [-0.3, -0.25) is 9.69 Å². The molecule has 1 aromatic rings. The molecule has 0 atom stereocenters. The van der Waals surface area contributed by atoms with Crippen LogP contribution in [0.5, 0.6) is 0 Å². The molecule has 17 heavy (non-hydrogen) atoms. The highest BCUT2D eigenvalue weighted by atomic mass is 16.3. The smallest absolute Gasteiger partial charge is 0.221 e. The number of benzene rings is 1. The van der Waals surface area contributed by atoms with Gasteiger partial charge in [0.25, 0.3) is 0 Å². The second kappa shape index (κ2) is 7.04. The summed E-state index contributed by atoms with van der Waals surface area (Å²) in [6.07, 6.45) is 0. The molecule has 0 unspecified atom stereocenters. The van der Waals surface area contributed by atoms with Gasteiger partial charge in [-0.15, -0.1) is 0 Å². The molecule has 0 bridgehead atoms. The van der Waals surface area contributed by atoms with Crippen LogP contribution in [0.3, 0.4) is 0 Å². The number of hydrogen-bond donors (Lipinski definition) is 2. The van der Waals surface area contributed by atoms with Crippen LogP contribution in [-0.2, 0) is 11.3 Å². The molecule has 4 nitrogen and oxygen atoms in total. The second-order valence-electron chi connectivity index (χ2n) is 3.97. The Balaban J connectivity index is 2.67. The zero-order chi connectivity index (χ0) is 12.7. The Morgan fingerprint density at radius 1 is 1.47 bits per heavy atom. The van der Waals surface area contributed by atoms with Crippen LogP contribution in [0.15, 0.2) is 24.3 Å². The van der Waals surface area contributed by atoms with Crippen molar-refractivity contribution in [1.82, 2.24) is 4.90 Å². The van der Waals surface area contributed by atoms with Crippen LogP contribution in [0.25, 0.3) is 0 Å². The summed E-state index contributed by atoms with van der Waals surface area (Å²) in [6, 6.07) is 7.77. The third kappa shape index (κ3) is 4.97. The molecule has 0 fully saturated rings. The third-order valence-electron chi connectivity index (χ3n) is 2.52. The molecule has 0 aliphatic heterocycles. The quantitative estimate of drug-likeness (QED) is 0.786. The minimum atomic E-state index is -0.0649. The number of aliphatic hydroxyl groups is 1. The monoisotopic (exact) mass is 236 g/mol. The van der Waals surface area contributed by atoms with E-state index < -0.39 is 0 Å². The molecule has 4 heteroatoms. The van der Waals surface area contributed by atoms with Crippen LogP contribution < -0.4 is 5.32 Å². The number of carbonyl (C=O) groups is 1. The van der Waals surface area contributed by atoms with Crippen LogP contribution in [-0.4, -0.2) is 35.6 Å². The first-order valence-corrected chi connectivity index (χ1v) is 5.85. The summed E-state index contributed by atoms with van der Waals surface area (Å²) in [5.74, 6) is -0.0649.